The number of hydrogen-bond acceptors (Lipinski definition) is 2. The van der Waals surface area contributed by atoms with Gasteiger partial charge in [-0.25, -0.2) is 0 Å². The Balaban J connectivity index is 1.79. The van der Waals surface area contributed by atoms with E-state index in [0.29, 0.717) is 0 Å². The number of benzene rings is 2. The summed E-state index contributed by atoms with van der Waals surface area (Å²) in [5, 5.41) is 3.51. The molecule has 0 spiro atoms. The Morgan fingerprint density at radius 2 is 2.00 bits per heavy atom. The summed E-state index contributed by atoms with van der Waals surface area (Å²) < 4.78 is 2.30. The van der Waals surface area contributed by atoms with Gasteiger partial charge in [-0.15, -0.1) is 0 Å². The van der Waals surface area contributed by atoms with Gasteiger partial charge in [0.05, 0.1) is 21.4 Å². The molecule has 0 bridgehead atoms. The highest BCUT2D eigenvalue weighted by Crippen LogP contribution is 2.46. The number of anilines is 1. The number of rotatable bonds is 3. The number of halogens is 1. The molecule has 0 fully saturated rings. The Labute approximate surface area is 161 Å². The fourth-order valence-electron chi connectivity index (χ4n) is 3.26. The van der Waals surface area contributed by atoms with Gasteiger partial charge >= 0.3 is 0 Å². The molecule has 1 aromatic heterocycles. The average molecular weight is 412 g/mol. The number of aryl methyl sites for hydroxylation is 2. The van der Waals surface area contributed by atoms with Crippen LogP contribution in [0.2, 0.25) is 0 Å². The summed E-state index contributed by atoms with van der Waals surface area (Å²) >= 11 is 5.40. The van der Waals surface area contributed by atoms with Crippen molar-refractivity contribution in [3.8, 4) is 0 Å². The number of para-hydroxylation sites is 1. The van der Waals surface area contributed by atoms with Crippen LogP contribution >= 0.6 is 27.7 Å². The van der Waals surface area contributed by atoms with Gasteiger partial charge in [-0.2, -0.15) is 4.57 Å². The highest BCUT2D eigenvalue weighted by Gasteiger charge is 2.22. The SMILES string of the molecule is Cc1ccc2c(c1)S/C(=C/c1cc[n+](CCBr)c3ccccc13)N2C. The molecule has 4 heteroatoms. The van der Waals surface area contributed by atoms with Crippen LogP contribution in [0.3, 0.4) is 0 Å². The summed E-state index contributed by atoms with van der Waals surface area (Å²) in [6.45, 7) is 3.12. The molecule has 0 aliphatic carbocycles. The maximum atomic E-state index is 3.55. The van der Waals surface area contributed by atoms with Gasteiger partial charge in [-0.05, 0) is 42.3 Å². The summed E-state index contributed by atoms with van der Waals surface area (Å²) in [5.74, 6) is 0. The lowest BCUT2D eigenvalue weighted by Crippen LogP contribution is -2.35. The number of pyridine rings is 1. The van der Waals surface area contributed by atoms with Crippen LogP contribution in [0.4, 0.5) is 5.69 Å². The van der Waals surface area contributed by atoms with Gasteiger partial charge in [0, 0.05) is 24.1 Å². The van der Waals surface area contributed by atoms with Crippen LogP contribution in [-0.2, 0) is 6.54 Å². The zero-order chi connectivity index (χ0) is 17.4. The highest BCUT2D eigenvalue weighted by atomic mass is 79.9. The van der Waals surface area contributed by atoms with E-state index >= 15 is 0 Å². The summed E-state index contributed by atoms with van der Waals surface area (Å²) in [4.78, 5) is 3.62. The van der Waals surface area contributed by atoms with E-state index in [1.54, 1.807) is 0 Å². The number of hydrogen-bond donors (Lipinski definition) is 0. The van der Waals surface area contributed by atoms with Crippen molar-refractivity contribution < 1.29 is 4.57 Å². The molecular weight excluding hydrogens is 392 g/mol. The number of aromatic nitrogens is 1. The lowest BCUT2D eigenvalue weighted by atomic mass is 10.1. The van der Waals surface area contributed by atoms with Crippen molar-refractivity contribution in [2.24, 2.45) is 0 Å². The van der Waals surface area contributed by atoms with Crippen LogP contribution in [0.15, 0.2) is 64.7 Å². The van der Waals surface area contributed by atoms with Gasteiger partial charge in [-0.1, -0.05) is 45.9 Å². The van der Waals surface area contributed by atoms with Crippen molar-refractivity contribution in [2.75, 3.05) is 17.3 Å². The minimum absolute atomic E-state index is 0.954. The Morgan fingerprint density at radius 1 is 1.16 bits per heavy atom. The minimum Gasteiger partial charge on any atom is -0.338 e. The minimum atomic E-state index is 0.954. The fraction of sp³-hybridized carbons (Fsp3) is 0.190. The Hall–Kier alpha value is -1.78. The normalized spacial score (nSPS) is 15.2. The molecule has 0 saturated carbocycles. The number of thioether (sulfide) groups is 1. The fourth-order valence-corrected chi connectivity index (χ4v) is 4.84. The molecule has 0 saturated heterocycles. The molecule has 2 heterocycles. The van der Waals surface area contributed by atoms with Crippen molar-refractivity contribution in [2.45, 2.75) is 18.4 Å². The van der Waals surface area contributed by atoms with Crippen molar-refractivity contribution >= 4 is 50.4 Å². The zero-order valence-electron chi connectivity index (χ0n) is 14.4. The molecule has 0 amide bonds. The molecule has 0 unspecified atom stereocenters. The van der Waals surface area contributed by atoms with E-state index in [9.17, 15) is 0 Å². The molecule has 126 valence electrons. The van der Waals surface area contributed by atoms with E-state index in [0.717, 1.165) is 11.9 Å². The van der Waals surface area contributed by atoms with Crippen LogP contribution in [-0.4, -0.2) is 12.4 Å². The van der Waals surface area contributed by atoms with Crippen molar-refractivity contribution in [3.63, 3.8) is 0 Å². The van der Waals surface area contributed by atoms with Crippen LogP contribution in [0.1, 0.15) is 11.1 Å². The standard InChI is InChI=1S/C21H20BrN2S/c1-15-7-8-19-20(13-15)25-21(23(19)2)14-16-9-11-24(12-10-22)18-6-4-3-5-17(16)18/h3-9,11,13-14H,10,12H2,1-2H3/q+1. The van der Waals surface area contributed by atoms with Crippen LogP contribution in [0, 0.1) is 6.92 Å². The molecule has 0 radical (unpaired) electrons. The first-order chi connectivity index (χ1) is 12.2. The predicted molar refractivity (Wildman–Crippen MR) is 111 cm³/mol. The van der Waals surface area contributed by atoms with E-state index in [1.807, 2.05) is 11.8 Å². The first-order valence-corrected chi connectivity index (χ1v) is 10.3. The number of fused-ring (bicyclic) bond motifs is 2. The van der Waals surface area contributed by atoms with Crippen molar-refractivity contribution in [3.05, 3.63) is 70.9 Å². The first-order valence-electron chi connectivity index (χ1n) is 8.38. The first kappa shape index (κ1) is 16.7. The summed E-state index contributed by atoms with van der Waals surface area (Å²) in [7, 11) is 2.15. The second kappa shape index (κ2) is 6.85. The highest BCUT2D eigenvalue weighted by molar-refractivity contribution is 9.09. The number of nitrogens with zero attached hydrogens (tertiary/aromatic N) is 2. The van der Waals surface area contributed by atoms with Crippen LogP contribution < -0.4 is 9.47 Å². The van der Waals surface area contributed by atoms with E-state index < -0.39 is 0 Å². The van der Waals surface area contributed by atoms with Gasteiger partial charge in [0.25, 0.3) is 0 Å². The van der Waals surface area contributed by atoms with Crippen LogP contribution in [0.25, 0.3) is 17.0 Å². The second-order valence-electron chi connectivity index (χ2n) is 6.29. The van der Waals surface area contributed by atoms with E-state index in [1.165, 1.54) is 37.6 Å². The van der Waals surface area contributed by atoms with Crippen molar-refractivity contribution in [1.82, 2.24) is 0 Å². The topological polar surface area (TPSA) is 7.12 Å². The summed E-state index contributed by atoms with van der Waals surface area (Å²) in [6.07, 6.45) is 4.49. The molecule has 3 aromatic rings. The largest absolute Gasteiger partial charge is 0.338 e. The maximum absolute atomic E-state index is 3.55. The molecule has 0 N–H and O–H groups in total. The Bertz CT molecular complexity index is 981. The zero-order valence-corrected chi connectivity index (χ0v) is 16.8. The lowest BCUT2D eigenvalue weighted by molar-refractivity contribution is -0.666. The van der Waals surface area contributed by atoms with Gasteiger partial charge in [-0.3, -0.25) is 0 Å². The van der Waals surface area contributed by atoms with E-state index in [-0.39, 0.29) is 0 Å². The van der Waals surface area contributed by atoms with E-state index in [2.05, 4.69) is 100 Å². The lowest BCUT2D eigenvalue weighted by Gasteiger charge is -2.14. The molecule has 1 aliphatic rings. The van der Waals surface area contributed by atoms with E-state index in [4.69, 9.17) is 0 Å². The third-order valence-corrected chi connectivity index (χ3v) is 6.09. The van der Waals surface area contributed by atoms with Crippen LogP contribution in [0.5, 0.6) is 0 Å². The molecular formula is C21H20BrN2S+. The molecule has 4 rings (SSSR count). The number of alkyl halides is 1. The van der Waals surface area contributed by atoms with Gasteiger partial charge in [0.2, 0.25) is 5.52 Å². The smallest absolute Gasteiger partial charge is 0.213 e. The summed E-state index contributed by atoms with van der Waals surface area (Å²) in [6, 6.07) is 17.5. The van der Waals surface area contributed by atoms with Gasteiger partial charge < -0.3 is 4.90 Å². The predicted octanol–water partition coefficient (Wildman–Crippen LogP) is 5.37. The molecule has 2 aromatic carbocycles. The third kappa shape index (κ3) is 3.09. The average Bonchev–Trinajstić information content (AvgIpc) is 2.92. The maximum Gasteiger partial charge on any atom is 0.213 e. The monoisotopic (exact) mass is 411 g/mol. The van der Waals surface area contributed by atoms with Gasteiger partial charge in [0.1, 0.15) is 0 Å². The summed E-state index contributed by atoms with van der Waals surface area (Å²) in [5.41, 5.74) is 5.13. The Morgan fingerprint density at radius 3 is 2.84 bits per heavy atom. The third-order valence-electron chi connectivity index (χ3n) is 4.58. The molecule has 1 aliphatic heterocycles. The quantitative estimate of drug-likeness (QED) is 0.422. The Kier molecular flexibility index (Phi) is 4.57. The van der Waals surface area contributed by atoms with Gasteiger partial charge in [0.15, 0.2) is 12.7 Å². The molecule has 2 nitrogen and oxygen atoms in total. The molecule has 25 heavy (non-hydrogen) atoms. The second-order valence-corrected chi connectivity index (χ2v) is 8.14. The molecule has 0 atom stereocenters. The van der Waals surface area contributed by atoms with Crippen molar-refractivity contribution in [1.29, 1.82) is 0 Å².